The van der Waals surface area contributed by atoms with E-state index in [4.69, 9.17) is 9.47 Å². The molecule has 2 aromatic rings. The first-order chi connectivity index (χ1) is 11.7. The fourth-order valence-electron chi connectivity index (χ4n) is 2.74. The standard InChI is InChI=1S/C18H24N4O2/c1-14-3-4-16(19-9-14)17-13-22(6-8-24-17)12-15-10-20-18(21-11-15)5-7-23-2/h3-4,9-11,17H,5-8,12-13H2,1-2H3. The van der Waals surface area contributed by atoms with Crippen LogP contribution in [0.25, 0.3) is 0 Å². The Hall–Kier alpha value is -1.89. The smallest absolute Gasteiger partial charge is 0.130 e. The third-order valence-electron chi connectivity index (χ3n) is 4.11. The highest BCUT2D eigenvalue weighted by atomic mass is 16.5. The molecule has 128 valence electrons. The first-order valence-corrected chi connectivity index (χ1v) is 8.30. The fraction of sp³-hybridized carbons (Fsp3) is 0.500. The van der Waals surface area contributed by atoms with Gasteiger partial charge in [-0.2, -0.15) is 0 Å². The summed E-state index contributed by atoms with van der Waals surface area (Å²) in [6, 6.07) is 4.13. The van der Waals surface area contributed by atoms with Gasteiger partial charge in [0.05, 0.1) is 18.9 Å². The van der Waals surface area contributed by atoms with Crippen molar-refractivity contribution in [1.29, 1.82) is 0 Å². The van der Waals surface area contributed by atoms with Gasteiger partial charge in [0.1, 0.15) is 11.9 Å². The molecule has 0 spiro atoms. The molecule has 1 fully saturated rings. The van der Waals surface area contributed by atoms with E-state index in [2.05, 4.69) is 32.0 Å². The minimum absolute atomic E-state index is 0.0289. The van der Waals surface area contributed by atoms with Gasteiger partial charge in [0.15, 0.2) is 0 Å². The number of methoxy groups -OCH3 is 1. The zero-order chi connectivity index (χ0) is 16.8. The van der Waals surface area contributed by atoms with Crippen LogP contribution in [0.2, 0.25) is 0 Å². The highest BCUT2D eigenvalue weighted by Gasteiger charge is 2.23. The van der Waals surface area contributed by atoms with Gasteiger partial charge in [-0.25, -0.2) is 9.97 Å². The highest BCUT2D eigenvalue weighted by molar-refractivity contribution is 5.15. The zero-order valence-electron chi connectivity index (χ0n) is 14.3. The lowest BCUT2D eigenvalue weighted by Crippen LogP contribution is -2.38. The van der Waals surface area contributed by atoms with Gasteiger partial charge in [0.25, 0.3) is 0 Å². The third-order valence-corrected chi connectivity index (χ3v) is 4.11. The summed E-state index contributed by atoms with van der Waals surface area (Å²) in [5.41, 5.74) is 3.28. The van der Waals surface area contributed by atoms with Gasteiger partial charge in [-0.15, -0.1) is 0 Å². The summed E-state index contributed by atoms with van der Waals surface area (Å²) in [6.07, 6.45) is 6.49. The molecule has 0 aromatic carbocycles. The second-order valence-electron chi connectivity index (χ2n) is 6.11. The van der Waals surface area contributed by atoms with E-state index in [-0.39, 0.29) is 6.10 Å². The fourth-order valence-corrected chi connectivity index (χ4v) is 2.74. The van der Waals surface area contributed by atoms with Gasteiger partial charge in [-0.05, 0) is 18.6 Å². The number of aryl methyl sites for hydroxylation is 1. The van der Waals surface area contributed by atoms with Crippen LogP contribution in [0.4, 0.5) is 0 Å². The Morgan fingerprint density at radius 3 is 2.75 bits per heavy atom. The van der Waals surface area contributed by atoms with E-state index in [1.165, 1.54) is 0 Å². The predicted molar refractivity (Wildman–Crippen MR) is 90.6 cm³/mol. The van der Waals surface area contributed by atoms with Crippen LogP contribution in [0, 0.1) is 6.92 Å². The van der Waals surface area contributed by atoms with Crippen molar-refractivity contribution >= 4 is 0 Å². The molecule has 3 heterocycles. The summed E-state index contributed by atoms with van der Waals surface area (Å²) in [5.74, 6) is 0.823. The van der Waals surface area contributed by atoms with Crippen LogP contribution in [0.5, 0.6) is 0 Å². The molecule has 1 aliphatic heterocycles. The van der Waals surface area contributed by atoms with E-state index in [0.717, 1.165) is 48.7 Å². The molecule has 1 unspecified atom stereocenters. The number of hydrogen-bond donors (Lipinski definition) is 0. The van der Waals surface area contributed by atoms with Gasteiger partial charge in [0.2, 0.25) is 0 Å². The molecule has 0 amide bonds. The van der Waals surface area contributed by atoms with Gasteiger partial charge in [-0.1, -0.05) is 6.07 Å². The second-order valence-corrected chi connectivity index (χ2v) is 6.11. The van der Waals surface area contributed by atoms with Crippen molar-refractivity contribution in [2.45, 2.75) is 26.0 Å². The van der Waals surface area contributed by atoms with Crippen molar-refractivity contribution in [3.63, 3.8) is 0 Å². The van der Waals surface area contributed by atoms with Crippen LogP contribution in [0.15, 0.2) is 30.7 Å². The summed E-state index contributed by atoms with van der Waals surface area (Å²) >= 11 is 0. The Morgan fingerprint density at radius 2 is 2.04 bits per heavy atom. The number of nitrogens with zero attached hydrogens (tertiary/aromatic N) is 4. The van der Waals surface area contributed by atoms with Crippen molar-refractivity contribution in [3.8, 4) is 0 Å². The Labute approximate surface area is 142 Å². The summed E-state index contributed by atoms with van der Waals surface area (Å²) in [6.45, 7) is 5.98. The van der Waals surface area contributed by atoms with Crippen LogP contribution < -0.4 is 0 Å². The van der Waals surface area contributed by atoms with E-state index in [0.29, 0.717) is 13.2 Å². The molecule has 6 nitrogen and oxygen atoms in total. The minimum Gasteiger partial charge on any atom is -0.384 e. The molecule has 0 bridgehead atoms. The molecule has 2 aromatic heterocycles. The molecule has 0 N–H and O–H groups in total. The Morgan fingerprint density at radius 1 is 1.21 bits per heavy atom. The van der Waals surface area contributed by atoms with E-state index in [1.54, 1.807) is 7.11 Å². The first kappa shape index (κ1) is 17.0. The summed E-state index contributed by atoms with van der Waals surface area (Å²) in [5, 5.41) is 0. The molecule has 3 rings (SSSR count). The maximum atomic E-state index is 5.89. The Bertz CT molecular complexity index is 630. The quantitative estimate of drug-likeness (QED) is 0.808. The van der Waals surface area contributed by atoms with Crippen molar-refractivity contribution in [2.24, 2.45) is 0 Å². The van der Waals surface area contributed by atoms with Gasteiger partial charge < -0.3 is 9.47 Å². The molecule has 0 saturated carbocycles. The molecule has 0 radical (unpaired) electrons. The van der Waals surface area contributed by atoms with E-state index < -0.39 is 0 Å². The average molecular weight is 328 g/mol. The number of rotatable bonds is 6. The van der Waals surface area contributed by atoms with Gasteiger partial charge >= 0.3 is 0 Å². The van der Waals surface area contributed by atoms with Crippen LogP contribution in [-0.4, -0.2) is 53.3 Å². The average Bonchev–Trinajstić information content (AvgIpc) is 2.62. The number of morpholine rings is 1. The molecular formula is C18H24N4O2. The topological polar surface area (TPSA) is 60.4 Å². The zero-order valence-corrected chi connectivity index (χ0v) is 14.3. The largest absolute Gasteiger partial charge is 0.384 e. The number of ether oxygens (including phenoxy) is 2. The Kier molecular flexibility index (Phi) is 5.85. The molecule has 1 atom stereocenters. The SMILES string of the molecule is COCCc1ncc(CN2CCOC(c3ccc(C)cn3)C2)cn1. The maximum absolute atomic E-state index is 5.89. The maximum Gasteiger partial charge on any atom is 0.130 e. The van der Waals surface area contributed by atoms with Crippen LogP contribution in [0.3, 0.4) is 0 Å². The first-order valence-electron chi connectivity index (χ1n) is 8.30. The molecule has 1 saturated heterocycles. The molecule has 6 heteroatoms. The molecule has 24 heavy (non-hydrogen) atoms. The summed E-state index contributed by atoms with van der Waals surface area (Å²) in [4.78, 5) is 15.7. The minimum atomic E-state index is 0.0289. The van der Waals surface area contributed by atoms with Crippen LogP contribution >= 0.6 is 0 Å². The van der Waals surface area contributed by atoms with Crippen LogP contribution in [0.1, 0.15) is 28.7 Å². The molecule has 1 aliphatic rings. The van der Waals surface area contributed by atoms with E-state index in [1.807, 2.05) is 25.5 Å². The number of aromatic nitrogens is 3. The van der Waals surface area contributed by atoms with E-state index in [9.17, 15) is 0 Å². The number of hydrogen-bond acceptors (Lipinski definition) is 6. The monoisotopic (exact) mass is 328 g/mol. The van der Waals surface area contributed by atoms with Crippen molar-refractivity contribution in [3.05, 3.63) is 53.4 Å². The van der Waals surface area contributed by atoms with Crippen molar-refractivity contribution in [2.75, 3.05) is 33.4 Å². The van der Waals surface area contributed by atoms with Gasteiger partial charge in [0, 0.05) is 57.3 Å². The summed E-state index contributed by atoms with van der Waals surface area (Å²) in [7, 11) is 1.69. The third kappa shape index (κ3) is 4.56. The predicted octanol–water partition coefficient (Wildman–Crippen LogP) is 1.94. The van der Waals surface area contributed by atoms with Crippen molar-refractivity contribution in [1.82, 2.24) is 19.9 Å². The van der Waals surface area contributed by atoms with E-state index >= 15 is 0 Å². The molecular weight excluding hydrogens is 304 g/mol. The lowest BCUT2D eigenvalue weighted by molar-refractivity contribution is -0.0350. The molecule has 0 aliphatic carbocycles. The second kappa shape index (κ2) is 8.28. The van der Waals surface area contributed by atoms with Crippen molar-refractivity contribution < 1.29 is 9.47 Å². The normalized spacial score (nSPS) is 18.7. The lowest BCUT2D eigenvalue weighted by Gasteiger charge is -2.32. The Balaban J connectivity index is 1.57. The van der Waals surface area contributed by atoms with Crippen LogP contribution in [-0.2, 0) is 22.4 Å². The van der Waals surface area contributed by atoms with Gasteiger partial charge in [-0.3, -0.25) is 9.88 Å². The lowest BCUT2D eigenvalue weighted by atomic mass is 10.1. The highest BCUT2D eigenvalue weighted by Crippen LogP contribution is 2.21. The number of pyridine rings is 1. The summed E-state index contributed by atoms with van der Waals surface area (Å²) < 4.78 is 10.9.